The first-order valence-corrected chi connectivity index (χ1v) is 7.30. The van der Waals surface area contributed by atoms with E-state index in [4.69, 9.17) is 0 Å². The minimum atomic E-state index is -2.56. The molecule has 112 valence electrons. The molecule has 2 aliphatic rings. The largest absolute Gasteiger partial charge is 0.310 e. The second-order valence-corrected chi connectivity index (χ2v) is 6.24. The molecule has 0 amide bonds. The van der Waals surface area contributed by atoms with E-state index in [1.165, 1.54) is 4.68 Å². The van der Waals surface area contributed by atoms with Crippen LogP contribution in [-0.2, 0) is 6.54 Å². The third kappa shape index (κ3) is 2.86. The molecule has 1 aliphatic heterocycles. The molecule has 3 atom stereocenters. The van der Waals surface area contributed by atoms with Gasteiger partial charge in [0.1, 0.15) is 6.04 Å². The van der Waals surface area contributed by atoms with E-state index in [1.54, 1.807) is 12.4 Å². The summed E-state index contributed by atoms with van der Waals surface area (Å²) in [5.41, 5.74) is 0.985. The summed E-state index contributed by atoms with van der Waals surface area (Å²) >= 11 is 0. The minimum absolute atomic E-state index is 0.0754. The van der Waals surface area contributed by atoms with E-state index < -0.39 is 12.0 Å². The first-order chi connectivity index (χ1) is 9.45. The number of likely N-dealkylation sites (tertiary alicyclic amines) is 1. The minimum Gasteiger partial charge on any atom is -0.310 e. The van der Waals surface area contributed by atoms with E-state index in [-0.39, 0.29) is 6.42 Å². The summed E-state index contributed by atoms with van der Waals surface area (Å²) in [7, 11) is 2.15. The van der Waals surface area contributed by atoms with Crippen LogP contribution < -0.4 is 5.32 Å². The molecule has 3 rings (SSSR count). The van der Waals surface area contributed by atoms with Crippen LogP contribution in [-0.4, -0.2) is 46.3 Å². The Labute approximate surface area is 118 Å². The van der Waals surface area contributed by atoms with Crippen molar-refractivity contribution in [3.05, 3.63) is 18.0 Å². The van der Waals surface area contributed by atoms with Crippen molar-refractivity contribution in [2.24, 2.45) is 0 Å². The lowest BCUT2D eigenvalue weighted by Gasteiger charge is -2.35. The maximum absolute atomic E-state index is 13.0. The number of rotatable bonds is 4. The molecule has 2 heterocycles. The smallest absolute Gasteiger partial charge is 0.272 e. The number of nitrogens with one attached hydrogen (secondary N) is 1. The van der Waals surface area contributed by atoms with Gasteiger partial charge < -0.3 is 10.2 Å². The standard InChI is InChI=1S/C14H22F2N4/c1-10-5-12(3-4-19(10)2)17-7-11-8-18-20(9-11)13-6-14(13,15)16/h8-10,12-13,17H,3-7H2,1-2H3. The Morgan fingerprint density at radius 1 is 1.50 bits per heavy atom. The van der Waals surface area contributed by atoms with Crippen LogP contribution in [0.4, 0.5) is 8.78 Å². The van der Waals surface area contributed by atoms with E-state index in [9.17, 15) is 8.78 Å². The predicted octanol–water partition coefficient (Wildman–Crippen LogP) is 2.04. The Balaban J connectivity index is 1.49. The van der Waals surface area contributed by atoms with E-state index in [1.807, 2.05) is 0 Å². The predicted molar refractivity (Wildman–Crippen MR) is 72.8 cm³/mol. The number of hydrogen-bond donors (Lipinski definition) is 1. The molecule has 1 aromatic heterocycles. The highest BCUT2D eigenvalue weighted by Gasteiger charge is 2.59. The molecular formula is C14H22F2N4. The first kappa shape index (κ1) is 13.9. The average Bonchev–Trinajstić information content (AvgIpc) is 2.85. The summed E-state index contributed by atoms with van der Waals surface area (Å²) in [5, 5.41) is 7.57. The highest BCUT2D eigenvalue weighted by molar-refractivity contribution is 5.09. The monoisotopic (exact) mass is 284 g/mol. The van der Waals surface area contributed by atoms with Crippen molar-refractivity contribution >= 4 is 0 Å². The normalized spacial score (nSPS) is 33.3. The van der Waals surface area contributed by atoms with Crippen molar-refractivity contribution in [2.75, 3.05) is 13.6 Å². The van der Waals surface area contributed by atoms with Crippen LogP contribution in [0.15, 0.2) is 12.4 Å². The van der Waals surface area contributed by atoms with Crippen LogP contribution in [0.5, 0.6) is 0 Å². The van der Waals surface area contributed by atoms with E-state index in [2.05, 4.69) is 29.3 Å². The molecule has 1 aromatic rings. The van der Waals surface area contributed by atoms with Gasteiger partial charge in [-0.15, -0.1) is 0 Å². The maximum atomic E-state index is 13.0. The van der Waals surface area contributed by atoms with Gasteiger partial charge >= 0.3 is 0 Å². The zero-order valence-electron chi connectivity index (χ0n) is 12.0. The van der Waals surface area contributed by atoms with Gasteiger partial charge in [-0.05, 0) is 33.4 Å². The molecule has 0 radical (unpaired) electrons. The SMILES string of the molecule is CC1CC(NCc2cnn(C3CC3(F)F)c2)CCN1C. The zero-order valence-corrected chi connectivity index (χ0v) is 12.0. The fourth-order valence-electron chi connectivity index (χ4n) is 2.86. The second-order valence-electron chi connectivity index (χ2n) is 6.24. The number of nitrogens with zero attached hydrogens (tertiary/aromatic N) is 3. The van der Waals surface area contributed by atoms with E-state index in [0.717, 1.165) is 24.9 Å². The number of halogens is 2. The molecule has 3 unspecified atom stereocenters. The Morgan fingerprint density at radius 2 is 2.25 bits per heavy atom. The number of alkyl halides is 2. The Morgan fingerprint density at radius 3 is 2.90 bits per heavy atom. The molecule has 0 aromatic carbocycles. The number of piperidine rings is 1. The van der Waals surface area contributed by atoms with Gasteiger partial charge in [0.15, 0.2) is 0 Å². The van der Waals surface area contributed by atoms with Gasteiger partial charge in [-0.2, -0.15) is 5.10 Å². The summed E-state index contributed by atoms with van der Waals surface area (Å²) in [5.74, 6) is -2.56. The van der Waals surface area contributed by atoms with Crippen molar-refractivity contribution in [1.29, 1.82) is 0 Å². The highest BCUT2D eigenvalue weighted by atomic mass is 19.3. The molecule has 20 heavy (non-hydrogen) atoms. The summed E-state index contributed by atoms with van der Waals surface area (Å²) in [6, 6.07) is 0.376. The fourth-order valence-corrected chi connectivity index (χ4v) is 2.86. The fraction of sp³-hybridized carbons (Fsp3) is 0.786. The summed E-state index contributed by atoms with van der Waals surface area (Å²) in [6.45, 7) is 4.05. The van der Waals surface area contributed by atoms with Crippen LogP contribution in [0.3, 0.4) is 0 Å². The molecule has 1 N–H and O–H groups in total. The lowest BCUT2D eigenvalue weighted by Crippen LogP contribution is -2.45. The summed E-state index contributed by atoms with van der Waals surface area (Å²) < 4.78 is 27.3. The third-order valence-corrected chi connectivity index (χ3v) is 4.57. The molecule has 0 spiro atoms. The Hall–Kier alpha value is -1.01. The van der Waals surface area contributed by atoms with Gasteiger partial charge in [-0.1, -0.05) is 0 Å². The summed E-state index contributed by atoms with van der Waals surface area (Å²) in [4.78, 5) is 2.37. The van der Waals surface area contributed by atoms with Crippen LogP contribution >= 0.6 is 0 Å². The van der Waals surface area contributed by atoms with Crippen LogP contribution in [0.1, 0.15) is 37.8 Å². The van der Waals surface area contributed by atoms with Gasteiger partial charge in [0, 0.05) is 36.8 Å². The number of aromatic nitrogens is 2. The molecular weight excluding hydrogens is 262 g/mol. The van der Waals surface area contributed by atoms with Crippen molar-refractivity contribution in [3.8, 4) is 0 Å². The quantitative estimate of drug-likeness (QED) is 0.918. The van der Waals surface area contributed by atoms with Gasteiger partial charge in [-0.3, -0.25) is 4.68 Å². The van der Waals surface area contributed by atoms with Gasteiger partial charge in [0.05, 0.1) is 6.20 Å². The van der Waals surface area contributed by atoms with Crippen molar-refractivity contribution in [3.63, 3.8) is 0 Å². The van der Waals surface area contributed by atoms with Crippen molar-refractivity contribution in [2.45, 2.75) is 56.8 Å². The van der Waals surface area contributed by atoms with Gasteiger partial charge in [-0.25, -0.2) is 8.78 Å². The number of hydrogen-bond acceptors (Lipinski definition) is 3. The van der Waals surface area contributed by atoms with Gasteiger partial charge in [0.25, 0.3) is 5.92 Å². The lowest BCUT2D eigenvalue weighted by molar-refractivity contribution is 0.0983. The average molecular weight is 284 g/mol. The maximum Gasteiger partial charge on any atom is 0.272 e. The van der Waals surface area contributed by atoms with Crippen LogP contribution in [0, 0.1) is 0 Å². The molecule has 6 heteroatoms. The summed E-state index contributed by atoms with van der Waals surface area (Å²) in [6.07, 6.45) is 5.63. The topological polar surface area (TPSA) is 33.1 Å². The van der Waals surface area contributed by atoms with Gasteiger partial charge in [0.2, 0.25) is 0 Å². The molecule has 1 saturated carbocycles. The van der Waals surface area contributed by atoms with Crippen molar-refractivity contribution < 1.29 is 8.78 Å². The van der Waals surface area contributed by atoms with Crippen LogP contribution in [0.25, 0.3) is 0 Å². The molecule has 1 saturated heterocycles. The van der Waals surface area contributed by atoms with Crippen LogP contribution in [0.2, 0.25) is 0 Å². The van der Waals surface area contributed by atoms with E-state index in [0.29, 0.717) is 18.6 Å². The molecule has 4 nitrogen and oxygen atoms in total. The highest BCUT2D eigenvalue weighted by Crippen LogP contribution is 2.52. The Bertz CT molecular complexity index is 473. The third-order valence-electron chi connectivity index (χ3n) is 4.57. The Kier molecular flexibility index (Phi) is 3.54. The van der Waals surface area contributed by atoms with Crippen molar-refractivity contribution in [1.82, 2.24) is 20.0 Å². The molecule has 1 aliphatic carbocycles. The zero-order chi connectivity index (χ0) is 14.3. The second kappa shape index (κ2) is 5.07. The van der Waals surface area contributed by atoms with E-state index >= 15 is 0 Å². The first-order valence-electron chi connectivity index (χ1n) is 7.30. The molecule has 2 fully saturated rings. The molecule has 0 bridgehead atoms. The lowest BCUT2D eigenvalue weighted by atomic mass is 9.99.